The third-order valence-corrected chi connectivity index (χ3v) is 5.50. The highest BCUT2D eigenvalue weighted by molar-refractivity contribution is 6.11. The van der Waals surface area contributed by atoms with Crippen molar-refractivity contribution in [3.63, 3.8) is 0 Å². The Balaban J connectivity index is 0.00000192. The van der Waals surface area contributed by atoms with Crippen LogP contribution in [0.25, 0.3) is 33.0 Å². The van der Waals surface area contributed by atoms with E-state index in [1.807, 2.05) is 12.1 Å². The average Bonchev–Trinajstić information content (AvgIpc) is 3.11. The fourth-order valence-electron chi connectivity index (χ4n) is 4.09. The van der Waals surface area contributed by atoms with E-state index in [9.17, 15) is 0 Å². The second-order valence-electron chi connectivity index (χ2n) is 7.11. The molecule has 3 heterocycles. The molecule has 2 aromatic heterocycles. The zero-order valence-corrected chi connectivity index (χ0v) is 18.1. The number of aryl methyl sites for hydroxylation is 1. The number of furan rings is 1. The number of aromatic nitrogens is 1. The number of nitrogens with one attached hydrogen (secondary N) is 1. The number of halogens is 1. The Kier molecular flexibility index (Phi) is 5.70. The third kappa shape index (κ3) is 3.33. The Hall–Kier alpha value is -1.90. The minimum Gasteiger partial charge on any atom is -1.00 e. The Morgan fingerprint density at radius 1 is 1.00 bits per heavy atom. The lowest BCUT2D eigenvalue weighted by Gasteiger charge is -2.26. The van der Waals surface area contributed by atoms with Gasteiger partial charge in [-0.05, 0) is 18.2 Å². The molecule has 0 bridgehead atoms. The average molecular weight is 489 g/mol. The van der Waals surface area contributed by atoms with E-state index in [1.54, 1.807) is 0 Å². The highest BCUT2D eigenvalue weighted by Gasteiger charge is 2.24. The maximum atomic E-state index is 6.30. The van der Waals surface area contributed by atoms with Crippen LogP contribution < -0.4 is 33.9 Å². The molecule has 5 nitrogen and oxygen atoms in total. The van der Waals surface area contributed by atoms with Crippen LogP contribution in [-0.2, 0) is 11.8 Å². The first-order chi connectivity index (χ1) is 13.3. The number of anilines is 1. The van der Waals surface area contributed by atoms with Crippen molar-refractivity contribution in [1.29, 1.82) is 0 Å². The van der Waals surface area contributed by atoms with E-state index in [4.69, 9.17) is 9.15 Å². The van der Waals surface area contributed by atoms with Gasteiger partial charge in [0, 0.05) is 32.2 Å². The van der Waals surface area contributed by atoms with Crippen LogP contribution >= 0.6 is 0 Å². The van der Waals surface area contributed by atoms with E-state index >= 15 is 0 Å². The minimum absolute atomic E-state index is 0. The van der Waals surface area contributed by atoms with Crippen LogP contribution in [0.1, 0.15) is 0 Å². The molecule has 1 saturated heterocycles. The van der Waals surface area contributed by atoms with Crippen molar-refractivity contribution in [2.24, 2.45) is 7.05 Å². The number of benzene rings is 2. The maximum Gasteiger partial charge on any atom is 0.261 e. The summed E-state index contributed by atoms with van der Waals surface area (Å²) in [4.78, 5) is 2.44. The number of fused-ring (bicyclic) bond motifs is 4. The number of rotatable bonds is 4. The standard InChI is InChI=1S/C22H23N3O2.HI/c1-24-18-8-4-2-6-16(18)20(23-10-11-25-12-14-26-15-13-25)22-21(24)17-7-3-5-9-19(17)27-22;/h2-9H,10-15H2,1H3;1H. The lowest BCUT2D eigenvalue weighted by atomic mass is 10.1. The summed E-state index contributed by atoms with van der Waals surface area (Å²) in [7, 11) is 2.12. The van der Waals surface area contributed by atoms with Gasteiger partial charge in [0.15, 0.2) is 0 Å². The van der Waals surface area contributed by atoms with E-state index in [0.29, 0.717) is 0 Å². The Labute approximate surface area is 181 Å². The van der Waals surface area contributed by atoms with Crippen molar-refractivity contribution in [3.05, 3.63) is 48.5 Å². The van der Waals surface area contributed by atoms with Gasteiger partial charge in [0.25, 0.3) is 5.52 Å². The van der Waals surface area contributed by atoms with Crippen molar-refractivity contribution >= 4 is 38.7 Å². The molecule has 2 aromatic carbocycles. The van der Waals surface area contributed by atoms with Gasteiger partial charge in [0.1, 0.15) is 12.6 Å². The highest BCUT2D eigenvalue weighted by Crippen LogP contribution is 2.35. The molecule has 0 spiro atoms. The summed E-state index contributed by atoms with van der Waals surface area (Å²) in [5, 5.41) is 6.02. The summed E-state index contributed by atoms with van der Waals surface area (Å²) in [5.41, 5.74) is 5.28. The molecule has 0 amide bonds. The number of hydrogen-bond donors (Lipinski definition) is 1. The molecule has 0 radical (unpaired) electrons. The molecule has 4 aromatic rings. The summed E-state index contributed by atoms with van der Waals surface area (Å²) >= 11 is 0. The van der Waals surface area contributed by atoms with Crippen molar-refractivity contribution in [2.75, 3.05) is 44.7 Å². The van der Waals surface area contributed by atoms with Gasteiger partial charge in [-0.25, -0.2) is 0 Å². The molecule has 1 aliphatic heterocycles. The fraction of sp³-hybridized carbons (Fsp3) is 0.318. The molecular weight excluding hydrogens is 465 g/mol. The van der Waals surface area contributed by atoms with Gasteiger partial charge in [-0.3, -0.25) is 4.90 Å². The van der Waals surface area contributed by atoms with E-state index < -0.39 is 0 Å². The molecule has 1 N–H and O–H groups in total. The summed E-state index contributed by atoms with van der Waals surface area (Å²) in [6.45, 7) is 5.55. The first-order valence-corrected chi connectivity index (χ1v) is 9.59. The highest BCUT2D eigenvalue weighted by atomic mass is 127. The van der Waals surface area contributed by atoms with Crippen LogP contribution in [0.15, 0.2) is 52.9 Å². The second-order valence-corrected chi connectivity index (χ2v) is 7.11. The van der Waals surface area contributed by atoms with Gasteiger partial charge >= 0.3 is 0 Å². The molecule has 6 heteroatoms. The molecule has 1 aliphatic rings. The lowest BCUT2D eigenvalue weighted by molar-refractivity contribution is -0.616. The molecule has 0 atom stereocenters. The summed E-state index contributed by atoms with van der Waals surface area (Å²) in [6.07, 6.45) is 0. The summed E-state index contributed by atoms with van der Waals surface area (Å²) in [5.74, 6) is 0. The van der Waals surface area contributed by atoms with Crippen molar-refractivity contribution in [2.45, 2.75) is 0 Å². The number of pyridine rings is 1. The van der Waals surface area contributed by atoms with E-state index in [0.717, 1.165) is 67.1 Å². The monoisotopic (exact) mass is 489 g/mol. The molecule has 0 aliphatic carbocycles. The molecule has 1 fully saturated rings. The van der Waals surface area contributed by atoms with Gasteiger partial charge in [-0.15, -0.1) is 0 Å². The Bertz CT molecular complexity index is 1120. The van der Waals surface area contributed by atoms with E-state index in [2.05, 4.69) is 58.2 Å². The van der Waals surface area contributed by atoms with Crippen LogP contribution in [0.3, 0.4) is 0 Å². The Morgan fingerprint density at radius 2 is 1.71 bits per heavy atom. The molecule has 146 valence electrons. The van der Waals surface area contributed by atoms with Crippen LogP contribution in [0, 0.1) is 0 Å². The van der Waals surface area contributed by atoms with E-state index in [1.165, 1.54) is 10.9 Å². The van der Waals surface area contributed by atoms with Crippen molar-refractivity contribution in [3.8, 4) is 0 Å². The van der Waals surface area contributed by atoms with Gasteiger partial charge in [0.2, 0.25) is 11.1 Å². The lowest BCUT2D eigenvalue weighted by Crippen LogP contribution is -3.00. The number of para-hydroxylation sites is 2. The first kappa shape index (κ1) is 19.4. The smallest absolute Gasteiger partial charge is 0.261 e. The third-order valence-electron chi connectivity index (χ3n) is 5.50. The van der Waals surface area contributed by atoms with Crippen LogP contribution in [0.5, 0.6) is 0 Å². The first-order valence-electron chi connectivity index (χ1n) is 9.59. The quantitative estimate of drug-likeness (QED) is 0.331. The van der Waals surface area contributed by atoms with Crippen LogP contribution in [-0.4, -0.2) is 44.3 Å². The number of hydrogen-bond acceptors (Lipinski definition) is 4. The maximum absolute atomic E-state index is 6.30. The zero-order chi connectivity index (χ0) is 18.2. The van der Waals surface area contributed by atoms with Gasteiger partial charge in [-0.1, -0.05) is 24.3 Å². The number of ether oxygens (including phenoxy) is 1. The van der Waals surface area contributed by atoms with Gasteiger partial charge < -0.3 is 38.4 Å². The molecule has 5 rings (SSSR count). The topological polar surface area (TPSA) is 41.5 Å². The van der Waals surface area contributed by atoms with Crippen molar-refractivity contribution in [1.82, 2.24) is 4.90 Å². The molecule has 28 heavy (non-hydrogen) atoms. The number of nitrogens with zero attached hydrogens (tertiary/aromatic N) is 2. The predicted molar refractivity (Wildman–Crippen MR) is 108 cm³/mol. The van der Waals surface area contributed by atoms with Gasteiger partial charge in [-0.2, -0.15) is 4.57 Å². The number of morpholine rings is 1. The molecule has 0 saturated carbocycles. The largest absolute Gasteiger partial charge is 1.00 e. The summed E-state index contributed by atoms with van der Waals surface area (Å²) in [6, 6.07) is 16.8. The second kappa shape index (κ2) is 8.23. The van der Waals surface area contributed by atoms with Crippen LogP contribution in [0.4, 0.5) is 5.69 Å². The van der Waals surface area contributed by atoms with Crippen molar-refractivity contribution < 1.29 is 37.7 Å². The normalized spacial score (nSPS) is 15.2. The van der Waals surface area contributed by atoms with Gasteiger partial charge in [0.05, 0.1) is 29.7 Å². The summed E-state index contributed by atoms with van der Waals surface area (Å²) < 4.78 is 14.0. The predicted octanol–water partition coefficient (Wildman–Crippen LogP) is 0.312. The zero-order valence-electron chi connectivity index (χ0n) is 16.0. The molecular formula is C22H24IN3O2. The Morgan fingerprint density at radius 3 is 2.54 bits per heavy atom. The minimum atomic E-state index is 0. The van der Waals surface area contributed by atoms with E-state index in [-0.39, 0.29) is 24.0 Å². The fourth-order valence-corrected chi connectivity index (χ4v) is 4.09. The molecule has 0 unspecified atom stereocenters. The SMILES string of the molecule is C[n+]1c2ccccc2c(NCCN2CCOCC2)c2oc3ccccc3c21.[I-]. The van der Waals surface area contributed by atoms with Crippen LogP contribution in [0.2, 0.25) is 0 Å².